The average Bonchev–Trinajstić information content (AvgIpc) is 2.14. The van der Waals surface area contributed by atoms with Gasteiger partial charge in [-0.15, -0.1) is 0 Å². The Balaban J connectivity index is 2.10. The molecule has 15 heavy (non-hydrogen) atoms. The molecule has 0 spiro atoms. The minimum absolute atomic E-state index is 0.247. The van der Waals surface area contributed by atoms with Gasteiger partial charge >= 0.3 is 5.97 Å². The third kappa shape index (κ3) is 1.73. The lowest BCUT2D eigenvalue weighted by Gasteiger charge is -2.49. The second-order valence-corrected chi connectivity index (χ2v) is 4.58. The normalized spacial score (nSPS) is 33.1. The number of hydrogen-bond donors (Lipinski definition) is 1. The van der Waals surface area contributed by atoms with Crippen LogP contribution in [0.25, 0.3) is 0 Å². The van der Waals surface area contributed by atoms with Crippen molar-refractivity contribution >= 4 is 5.97 Å². The van der Waals surface area contributed by atoms with Crippen LogP contribution in [-0.2, 0) is 9.53 Å². The topological polar surface area (TPSA) is 46.5 Å². The number of carbonyl (C=O) groups is 1. The zero-order valence-corrected chi connectivity index (χ0v) is 8.34. The highest BCUT2D eigenvalue weighted by Gasteiger charge is 2.64. The number of halogens is 2. The van der Waals surface area contributed by atoms with E-state index in [0.29, 0.717) is 19.6 Å². The Morgan fingerprint density at radius 3 is 2.47 bits per heavy atom. The Labute approximate surface area is 86.4 Å². The summed E-state index contributed by atoms with van der Waals surface area (Å²) in [6.45, 7) is 0.922. The number of carboxylic acid groups (broad SMARTS) is 1. The van der Waals surface area contributed by atoms with E-state index in [-0.39, 0.29) is 5.92 Å². The highest BCUT2D eigenvalue weighted by atomic mass is 19.3. The molecule has 2 fully saturated rings. The minimum atomic E-state index is -2.80. The highest BCUT2D eigenvalue weighted by molar-refractivity contribution is 5.77. The molecule has 0 aromatic rings. The summed E-state index contributed by atoms with van der Waals surface area (Å²) in [5.41, 5.74) is -1.23. The molecule has 1 aliphatic heterocycles. The van der Waals surface area contributed by atoms with Gasteiger partial charge in [-0.2, -0.15) is 0 Å². The zero-order valence-electron chi connectivity index (χ0n) is 8.34. The van der Waals surface area contributed by atoms with Crippen LogP contribution in [0.2, 0.25) is 0 Å². The number of hydrogen-bond acceptors (Lipinski definition) is 2. The lowest BCUT2D eigenvalue weighted by molar-refractivity contribution is -0.215. The van der Waals surface area contributed by atoms with E-state index < -0.39 is 30.1 Å². The van der Waals surface area contributed by atoms with Crippen LogP contribution < -0.4 is 0 Å². The summed E-state index contributed by atoms with van der Waals surface area (Å²) in [5.74, 6) is -4.14. The first-order valence-electron chi connectivity index (χ1n) is 5.15. The van der Waals surface area contributed by atoms with Gasteiger partial charge in [0.2, 0.25) is 5.92 Å². The fraction of sp³-hybridized carbons (Fsp3) is 0.900. The van der Waals surface area contributed by atoms with Crippen molar-refractivity contribution in [3.63, 3.8) is 0 Å². The van der Waals surface area contributed by atoms with Crippen molar-refractivity contribution < 1.29 is 23.4 Å². The molecular weight excluding hydrogens is 206 g/mol. The van der Waals surface area contributed by atoms with Gasteiger partial charge in [-0.25, -0.2) is 8.78 Å². The van der Waals surface area contributed by atoms with Crippen molar-refractivity contribution in [2.75, 3.05) is 13.2 Å². The molecule has 5 heteroatoms. The molecule has 86 valence electrons. The SMILES string of the molecule is O=C(O)C1(C2CCCOC2)CC(F)(F)C1. The smallest absolute Gasteiger partial charge is 0.310 e. The summed E-state index contributed by atoms with van der Waals surface area (Å²) < 4.78 is 30.9. The third-order valence-electron chi connectivity index (χ3n) is 3.52. The zero-order chi connectivity index (χ0) is 11.1. The third-order valence-corrected chi connectivity index (χ3v) is 3.52. The van der Waals surface area contributed by atoms with Crippen molar-refractivity contribution in [3.05, 3.63) is 0 Å². The maximum Gasteiger partial charge on any atom is 0.310 e. The van der Waals surface area contributed by atoms with Crippen molar-refractivity contribution in [2.45, 2.75) is 31.6 Å². The van der Waals surface area contributed by atoms with Gasteiger partial charge in [0, 0.05) is 19.4 Å². The van der Waals surface area contributed by atoms with E-state index in [4.69, 9.17) is 9.84 Å². The molecule has 0 aromatic carbocycles. The van der Waals surface area contributed by atoms with Gasteiger partial charge in [0.1, 0.15) is 0 Å². The van der Waals surface area contributed by atoms with Gasteiger partial charge in [0.05, 0.1) is 12.0 Å². The van der Waals surface area contributed by atoms with Crippen LogP contribution in [0.1, 0.15) is 25.7 Å². The maximum atomic E-state index is 12.8. The molecule has 0 aromatic heterocycles. The monoisotopic (exact) mass is 220 g/mol. The van der Waals surface area contributed by atoms with Gasteiger partial charge in [0.25, 0.3) is 0 Å². The Kier molecular flexibility index (Phi) is 2.45. The molecule has 1 saturated heterocycles. The summed E-state index contributed by atoms with van der Waals surface area (Å²) in [6.07, 6.45) is 0.403. The number of rotatable bonds is 2. The molecular formula is C10H14F2O3. The molecule has 0 radical (unpaired) electrons. The molecule has 2 rings (SSSR count). The van der Waals surface area contributed by atoms with Gasteiger partial charge in [-0.3, -0.25) is 4.79 Å². The molecule has 0 amide bonds. The number of carboxylic acids is 1. The van der Waals surface area contributed by atoms with Crippen LogP contribution in [0.3, 0.4) is 0 Å². The summed E-state index contributed by atoms with van der Waals surface area (Å²) in [7, 11) is 0. The van der Waals surface area contributed by atoms with Crippen LogP contribution in [-0.4, -0.2) is 30.2 Å². The van der Waals surface area contributed by atoms with Crippen LogP contribution in [0.4, 0.5) is 8.78 Å². The maximum absolute atomic E-state index is 12.8. The van der Waals surface area contributed by atoms with Crippen molar-refractivity contribution in [1.82, 2.24) is 0 Å². The molecule has 1 N–H and O–H groups in total. The van der Waals surface area contributed by atoms with E-state index in [0.717, 1.165) is 6.42 Å². The predicted molar refractivity (Wildman–Crippen MR) is 47.8 cm³/mol. The average molecular weight is 220 g/mol. The molecule has 1 saturated carbocycles. The van der Waals surface area contributed by atoms with Crippen molar-refractivity contribution in [2.24, 2.45) is 11.3 Å². The van der Waals surface area contributed by atoms with Gasteiger partial charge in [-0.1, -0.05) is 0 Å². The van der Waals surface area contributed by atoms with Crippen molar-refractivity contribution in [3.8, 4) is 0 Å². The molecule has 1 unspecified atom stereocenters. The fourth-order valence-electron chi connectivity index (χ4n) is 2.66. The molecule has 1 atom stereocenters. The molecule has 3 nitrogen and oxygen atoms in total. The lowest BCUT2D eigenvalue weighted by atomic mass is 9.58. The summed E-state index contributed by atoms with van der Waals surface area (Å²) in [4.78, 5) is 11.1. The predicted octanol–water partition coefficient (Wildman–Crippen LogP) is 1.91. The fourth-order valence-corrected chi connectivity index (χ4v) is 2.66. The standard InChI is InChI=1S/C10H14F2O3/c11-10(12)5-9(6-10,8(13)14)7-2-1-3-15-4-7/h7H,1-6H2,(H,13,14). The number of aliphatic carboxylic acids is 1. The number of alkyl halides is 2. The van der Waals surface area contributed by atoms with E-state index in [1.807, 2.05) is 0 Å². The van der Waals surface area contributed by atoms with E-state index >= 15 is 0 Å². The van der Waals surface area contributed by atoms with Crippen LogP contribution in [0.5, 0.6) is 0 Å². The Morgan fingerprint density at radius 2 is 2.07 bits per heavy atom. The molecule has 0 bridgehead atoms. The molecule has 1 aliphatic carbocycles. The molecule has 1 heterocycles. The van der Waals surface area contributed by atoms with E-state index in [1.165, 1.54) is 0 Å². The largest absolute Gasteiger partial charge is 0.481 e. The summed E-state index contributed by atoms with van der Waals surface area (Å²) in [6, 6.07) is 0. The first-order valence-corrected chi connectivity index (χ1v) is 5.15. The summed E-state index contributed by atoms with van der Waals surface area (Å²) >= 11 is 0. The Bertz CT molecular complexity index is 264. The number of ether oxygens (including phenoxy) is 1. The summed E-state index contributed by atoms with van der Waals surface area (Å²) in [5, 5.41) is 9.08. The second kappa shape index (κ2) is 3.40. The van der Waals surface area contributed by atoms with E-state index in [1.54, 1.807) is 0 Å². The quantitative estimate of drug-likeness (QED) is 0.773. The van der Waals surface area contributed by atoms with Crippen LogP contribution >= 0.6 is 0 Å². The van der Waals surface area contributed by atoms with Gasteiger partial charge in [0.15, 0.2) is 0 Å². The first-order chi connectivity index (χ1) is 6.96. The lowest BCUT2D eigenvalue weighted by Crippen LogP contribution is -2.57. The Morgan fingerprint density at radius 1 is 1.40 bits per heavy atom. The second-order valence-electron chi connectivity index (χ2n) is 4.58. The van der Waals surface area contributed by atoms with Gasteiger partial charge in [-0.05, 0) is 18.8 Å². The first kappa shape index (κ1) is 10.8. The Hall–Kier alpha value is -0.710. The molecule has 2 aliphatic rings. The van der Waals surface area contributed by atoms with E-state index in [2.05, 4.69) is 0 Å². The van der Waals surface area contributed by atoms with E-state index in [9.17, 15) is 13.6 Å². The minimum Gasteiger partial charge on any atom is -0.481 e. The van der Waals surface area contributed by atoms with Gasteiger partial charge < -0.3 is 9.84 Å². The van der Waals surface area contributed by atoms with Crippen LogP contribution in [0, 0.1) is 11.3 Å². The van der Waals surface area contributed by atoms with Crippen molar-refractivity contribution in [1.29, 1.82) is 0 Å². The van der Waals surface area contributed by atoms with Crippen LogP contribution in [0.15, 0.2) is 0 Å². The highest BCUT2D eigenvalue weighted by Crippen LogP contribution is 2.57.